The Kier molecular flexibility index (Phi) is 5.42. The standard InChI is InChI=1S/C17H20N2O2/c1-14-4-7-17(21-14)13-19(2)10-3-11-20-16-8-5-15(12-18)6-9-16/h4-9H,3,10-11,13H2,1-2H3. The van der Waals surface area contributed by atoms with Gasteiger partial charge in [0.2, 0.25) is 0 Å². The highest BCUT2D eigenvalue weighted by Crippen LogP contribution is 2.12. The number of nitrogens with zero attached hydrogens (tertiary/aromatic N) is 2. The van der Waals surface area contributed by atoms with Crippen LogP contribution in [-0.2, 0) is 6.54 Å². The number of aryl methyl sites for hydroxylation is 1. The molecule has 0 saturated carbocycles. The molecule has 0 aliphatic rings. The third kappa shape index (κ3) is 4.97. The van der Waals surface area contributed by atoms with Crippen molar-refractivity contribution in [2.45, 2.75) is 19.9 Å². The van der Waals surface area contributed by atoms with E-state index >= 15 is 0 Å². The van der Waals surface area contributed by atoms with Crippen molar-refractivity contribution in [3.63, 3.8) is 0 Å². The number of ether oxygens (including phenoxy) is 1. The number of hydrogen-bond acceptors (Lipinski definition) is 4. The number of hydrogen-bond donors (Lipinski definition) is 0. The van der Waals surface area contributed by atoms with Crippen LogP contribution in [0.5, 0.6) is 5.75 Å². The predicted octanol–water partition coefficient (Wildman–Crippen LogP) is 3.36. The number of rotatable bonds is 7. The summed E-state index contributed by atoms with van der Waals surface area (Å²) in [5.74, 6) is 2.74. The number of nitriles is 1. The maximum absolute atomic E-state index is 8.72. The monoisotopic (exact) mass is 284 g/mol. The molecule has 0 radical (unpaired) electrons. The molecule has 0 aliphatic heterocycles. The van der Waals surface area contributed by atoms with Gasteiger partial charge in [0.15, 0.2) is 0 Å². The third-order valence-electron chi connectivity index (χ3n) is 3.16. The fraction of sp³-hybridized carbons (Fsp3) is 0.353. The van der Waals surface area contributed by atoms with Crippen LogP contribution in [0.25, 0.3) is 0 Å². The molecule has 0 spiro atoms. The van der Waals surface area contributed by atoms with E-state index in [1.165, 1.54) is 0 Å². The first-order valence-corrected chi connectivity index (χ1v) is 7.04. The van der Waals surface area contributed by atoms with Crippen molar-refractivity contribution >= 4 is 0 Å². The zero-order valence-corrected chi connectivity index (χ0v) is 12.5. The van der Waals surface area contributed by atoms with E-state index < -0.39 is 0 Å². The molecule has 0 aliphatic carbocycles. The summed E-state index contributed by atoms with van der Waals surface area (Å²) in [6.07, 6.45) is 0.941. The Hall–Kier alpha value is -2.25. The van der Waals surface area contributed by atoms with Gasteiger partial charge in [-0.1, -0.05) is 0 Å². The Labute approximate surface area is 125 Å². The lowest BCUT2D eigenvalue weighted by molar-refractivity contribution is 0.246. The third-order valence-corrected chi connectivity index (χ3v) is 3.16. The molecule has 1 aromatic carbocycles. The topological polar surface area (TPSA) is 49.4 Å². The summed E-state index contributed by atoms with van der Waals surface area (Å²) in [6, 6.07) is 13.3. The fourth-order valence-corrected chi connectivity index (χ4v) is 2.07. The summed E-state index contributed by atoms with van der Waals surface area (Å²) in [5, 5.41) is 8.72. The summed E-state index contributed by atoms with van der Waals surface area (Å²) in [5.41, 5.74) is 0.649. The molecular formula is C17H20N2O2. The molecule has 110 valence electrons. The lowest BCUT2D eigenvalue weighted by Crippen LogP contribution is -2.20. The second kappa shape index (κ2) is 7.51. The summed E-state index contributed by atoms with van der Waals surface area (Å²) in [4.78, 5) is 2.21. The minimum absolute atomic E-state index is 0.649. The van der Waals surface area contributed by atoms with Crippen molar-refractivity contribution in [3.05, 3.63) is 53.5 Å². The van der Waals surface area contributed by atoms with E-state index in [1.807, 2.05) is 31.2 Å². The molecule has 0 unspecified atom stereocenters. The minimum Gasteiger partial charge on any atom is -0.494 e. The summed E-state index contributed by atoms with van der Waals surface area (Å²) in [6.45, 7) is 4.36. The van der Waals surface area contributed by atoms with Crippen LogP contribution in [0, 0.1) is 18.3 Å². The van der Waals surface area contributed by atoms with Crippen molar-refractivity contribution < 1.29 is 9.15 Å². The molecule has 0 saturated heterocycles. The summed E-state index contributed by atoms with van der Waals surface area (Å²) in [7, 11) is 2.07. The molecule has 2 aromatic rings. The Morgan fingerprint density at radius 1 is 1.19 bits per heavy atom. The Morgan fingerprint density at radius 3 is 2.57 bits per heavy atom. The van der Waals surface area contributed by atoms with E-state index in [9.17, 15) is 0 Å². The van der Waals surface area contributed by atoms with Gasteiger partial charge in [0, 0.05) is 6.54 Å². The fourth-order valence-electron chi connectivity index (χ4n) is 2.07. The lowest BCUT2D eigenvalue weighted by Gasteiger charge is -2.15. The van der Waals surface area contributed by atoms with E-state index in [2.05, 4.69) is 18.0 Å². The molecule has 0 bridgehead atoms. The molecule has 1 aromatic heterocycles. The van der Waals surface area contributed by atoms with Crippen molar-refractivity contribution in [2.24, 2.45) is 0 Å². The van der Waals surface area contributed by atoms with E-state index in [-0.39, 0.29) is 0 Å². The zero-order valence-electron chi connectivity index (χ0n) is 12.5. The van der Waals surface area contributed by atoms with Gasteiger partial charge in [-0.2, -0.15) is 5.26 Å². The van der Waals surface area contributed by atoms with Crippen molar-refractivity contribution in [1.29, 1.82) is 5.26 Å². The summed E-state index contributed by atoms with van der Waals surface area (Å²) >= 11 is 0. The highest BCUT2D eigenvalue weighted by molar-refractivity contribution is 5.34. The molecule has 0 fully saturated rings. The van der Waals surface area contributed by atoms with Crippen LogP contribution in [0.3, 0.4) is 0 Å². The van der Waals surface area contributed by atoms with Crippen molar-refractivity contribution in [2.75, 3.05) is 20.2 Å². The second-order valence-electron chi connectivity index (χ2n) is 5.09. The SMILES string of the molecule is Cc1ccc(CN(C)CCCOc2ccc(C#N)cc2)o1. The van der Waals surface area contributed by atoms with Crippen LogP contribution in [0.4, 0.5) is 0 Å². The molecular weight excluding hydrogens is 264 g/mol. The number of benzene rings is 1. The van der Waals surface area contributed by atoms with Gasteiger partial charge >= 0.3 is 0 Å². The van der Waals surface area contributed by atoms with Gasteiger partial charge in [0.05, 0.1) is 24.8 Å². The second-order valence-corrected chi connectivity index (χ2v) is 5.09. The van der Waals surface area contributed by atoms with Crippen LogP contribution >= 0.6 is 0 Å². The molecule has 0 N–H and O–H groups in total. The largest absolute Gasteiger partial charge is 0.494 e. The quantitative estimate of drug-likeness (QED) is 0.731. The average molecular weight is 284 g/mol. The molecule has 1 heterocycles. The van der Waals surface area contributed by atoms with Gasteiger partial charge in [-0.05, 0) is 56.8 Å². The van der Waals surface area contributed by atoms with E-state index in [0.717, 1.165) is 36.8 Å². The normalized spacial score (nSPS) is 10.6. The van der Waals surface area contributed by atoms with Crippen LogP contribution in [-0.4, -0.2) is 25.1 Å². The van der Waals surface area contributed by atoms with Gasteiger partial charge in [-0.25, -0.2) is 0 Å². The molecule has 4 heteroatoms. The average Bonchev–Trinajstić information content (AvgIpc) is 2.89. The predicted molar refractivity (Wildman–Crippen MR) is 81.0 cm³/mol. The summed E-state index contributed by atoms with van der Waals surface area (Å²) < 4.78 is 11.2. The zero-order chi connectivity index (χ0) is 15.1. The Morgan fingerprint density at radius 2 is 1.95 bits per heavy atom. The first kappa shape index (κ1) is 15.1. The Bertz CT molecular complexity index is 596. The highest BCUT2D eigenvalue weighted by Gasteiger charge is 2.04. The van der Waals surface area contributed by atoms with Crippen LogP contribution < -0.4 is 4.74 Å². The van der Waals surface area contributed by atoms with Crippen LogP contribution in [0.15, 0.2) is 40.8 Å². The van der Waals surface area contributed by atoms with Gasteiger partial charge in [-0.3, -0.25) is 4.90 Å². The minimum atomic E-state index is 0.649. The van der Waals surface area contributed by atoms with Gasteiger partial charge in [-0.15, -0.1) is 0 Å². The van der Waals surface area contributed by atoms with Crippen LogP contribution in [0.2, 0.25) is 0 Å². The first-order valence-electron chi connectivity index (χ1n) is 7.04. The Balaban J connectivity index is 1.65. The molecule has 0 atom stereocenters. The van der Waals surface area contributed by atoms with Crippen molar-refractivity contribution in [1.82, 2.24) is 4.90 Å². The van der Waals surface area contributed by atoms with Gasteiger partial charge in [0.1, 0.15) is 17.3 Å². The van der Waals surface area contributed by atoms with Crippen LogP contribution in [0.1, 0.15) is 23.5 Å². The lowest BCUT2D eigenvalue weighted by atomic mass is 10.2. The number of furan rings is 1. The molecule has 2 rings (SSSR count). The van der Waals surface area contributed by atoms with Crippen molar-refractivity contribution in [3.8, 4) is 11.8 Å². The van der Waals surface area contributed by atoms with E-state index in [1.54, 1.807) is 12.1 Å². The van der Waals surface area contributed by atoms with Gasteiger partial charge in [0.25, 0.3) is 0 Å². The molecule has 4 nitrogen and oxygen atoms in total. The maximum Gasteiger partial charge on any atom is 0.119 e. The first-order chi connectivity index (χ1) is 10.2. The van der Waals surface area contributed by atoms with E-state index in [4.69, 9.17) is 14.4 Å². The molecule has 0 amide bonds. The highest BCUT2D eigenvalue weighted by atomic mass is 16.5. The van der Waals surface area contributed by atoms with E-state index in [0.29, 0.717) is 12.2 Å². The maximum atomic E-state index is 8.72. The van der Waals surface area contributed by atoms with Gasteiger partial charge < -0.3 is 9.15 Å². The molecule has 21 heavy (non-hydrogen) atoms. The smallest absolute Gasteiger partial charge is 0.119 e.